The Bertz CT molecular complexity index is 541. The van der Waals surface area contributed by atoms with E-state index in [1.807, 2.05) is 0 Å². The van der Waals surface area contributed by atoms with E-state index in [9.17, 15) is 9.90 Å². The van der Waals surface area contributed by atoms with E-state index in [0.29, 0.717) is 0 Å². The Kier molecular flexibility index (Phi) is 5.22. The predicted molar refractivity (Wildman–Crippen MR) is 72.9 cm³/mol. The third-order valence-corrected chi connectivity index (χ3v) is 3.50. The number of aromatic nitrogens is 2. The van der Waals surface area contributed by atoms with Gasteiger partial charge in [0.2, 0.25) is 8.53 Å². The molecule has 0 spiro atoms. The number of nitrogens with zero attached hydrogens (tertiary/aromatic N) is 2. The van der Waals surface area contributed by atoms with Crippen LogP contribution in [0, 0.1) is 0 Å². The number of rotatable bonds is 5. The van der Waals surface area contributed by atoms with Gasteiger partial charge < -0.3 is 29.7 Å². The maximum absolute atomic E-state index is 11.8. The molecule has 0 amide bonds. The zero-order valence-corrected chi connectivity index (χ0v) is 12.1. The fourth-order valence-corrected chi connectivity index (χ4v) is 2.40. The number of anilines is 1. The molecule has 0 radical (unpaired) electrons. The van der Waals surface area contributed by atoms with Gasteiger partial charge in [-0.1, -0.05) is 0 Å². The standard InChI is InChI=1S/C10H17N4O6P/c1-18-8-7(15)5(4-19-21(12)17)20-9(8)14-3-2-6(11)13-10(14)16/h2-3,5,7-9,15,17H,4,12H2,1H3,(H2,11,13,16)/t5-,7-,8-,9-,21?/m1/s1. The molecule has 1 aliphatic rings. The number of methoxy groups -OCH3 is 1. The average molecular weight is 320 g/mol. The first-order valence-electron chi connectivity index (χ1n) is 6.01. The predicted octanol–water partition coefficient (Wildman–Crippen LogP) is -1.71. The van der Waals surface area contributed by atoms with Crippen LogP contribution >= 0.6 is 8.53 Å². The largest absolute Gasteiger partial charge is 0.387 e. The lowest BCUT2D eigenvalue weighted by molar-refractivity contribution is -0.0601. The third kappa shape index (κ3) is 3.55. The monoisotopic (exact) mass is 320 g/mol. The molecular weight excluding hydrogens is 303 g/mol. The van der Waals surface area contributed by atoms with Crippen LogP contribution in [0.4, 0.5) is 5.82 Å². The zero-order valence-electron chi connectivity index (χ0n) is 11.2. The zero-order chi connectivity index (χ0) is 15.6. The minimum Gasteiger partial charge on any atom is -0.387 e. The quantitative estimate of drug-likeness (QED) is 0.464. The van der Waals surface area contributed by atoms with Crippen molar-refractivity contribution < 1.29 is 24.0 Å². The van der Waals surface area contributed by atoms with E-state index in [4.69, 9.17) is 30.1 Å². The molecule has 5 atom stereocenters. The Labute approximate surface area is 121 Å². The van der Waals surface area contributed by atoms with Crippen LogP contribution in [-0.4, -0.2) is 51.6 Å². The highest BCUT2D eigenvalue weighted by Crippen LogP contribution is 2.32. The van der Waals surface area contributed by atoms with Crippen molar-refractivity contribution in [1.82, 2.24) is 9.55 Å². The molecule has 21 heavy (non-hydrogen) atoms. The van der Waals surface area contributed by atoms with Crippen molar-refractivity contribution in [3.63, 3.8) is 0 Å². The highest BCUT2D eigenvalue weighted by molar-refractivity contribution is 7.43. The highest BCUT2D eigenvalue weighted by Gasteiger charge is 2.45. The summed E-state index contributed by atoms with van der Waals surface area (Å²) >= 11 is 0. The molecule has 1 aromatic rings. The summed E-state index contributed by atoms with van der Waals surface area (Å²) in [7, 11) is -0.683. The molecule has 1 unspecified atom stereocenters. The lowest BCUT2D eigenvalue weighted by Crippen LogP contribution is -2.37. The minimum absolute atomic E-state index is 0.0812. The summed E-state index contributed by atoms with van der Waals surface area (Å²) in [5.41, 5.74) is 9.92. The van der Waals surface area contributed by atoms with Crippen molar-refractivity contribution in [2.75, 3.05) is 19.5 Å². The van der Waals surface area contributed by atoms with E-state index in [0.717, 1.165) is 4.57 Å². The Morgan fingerprint density at radius 2 is 2.33 bits per heavy atom. The Morgan fingerprint density at radius 3 is 2.90 bits per heavy atom. The van der Waals surface area contributed by atoms with Gasteiger partial charge in [-0.05, 0) is 6.07 Å². The Morgan fingerprint density at radius 1 is 1.62 bits per heavy atom. The second-order valence-corrected chi connectivity index (χ2v) is 5.26. The van der Waals surface area contributed by atoms with Crippen molar-refractivity contribution in [2.24, 2.45) is 5.50 Å². The molecule has 1 saturated heterocycles. The number of nitrogen functional groups attached to an aromatic ring is 1. The SMILES string of the molecule is CO[C@@H]1[C@H](O)[C@@H](COP(N)O)O[C@H]1n1ccc(N)nc1=O. The van der Waals surface area contributed by atoms with Crippen LogP contribution in [0.25, 0.3) is 0 Å². The fraction of sp³-hybridized carbons (Fsp3) is 0.600. The van der Waals surface area contributed by atoms with Gasteiger partial charge in [0.05, 0.1) is 6.61 Å². The van der Waals surface area contributed by atoms with E-state index in [2.05, 4.69) is 4.98 Å². The van der Waals surface area contributed by atoms with Crippen LogP contribution in [0.2, 0.25) is 0 Å². The van der Waals surface area contributed by atoms with Crippen molar-refractivity contribution in [3.8, 4) is 0 Å². The Balaban J connectivity index is 2.20. The lowest BCUT2D eigenvalue weighted by Gasteiger charge is -2.20. The minimum atomic E-state index is -2.06. The van der Waals surface area contributed by atoms with Gasteiger partial charge in [0.25, 0.3) is 0 Å². The average Bonchev–Trinajstić information content (AvgIpc) is 2.72. The normalized spacial score (nSPS) is 30.5. The van der Waals surface area contributed by atoms with Gasteiger partial charge in [0, 0.05) is 13.3 Å². The van der Waals surface area contributed by atoms with Crippen molar-refractivity contribution in [3.05, 3.63) is 22.7 Å². The first-order valence-corrected chi connectivity index (χ1v) is 7.29. The molecule has 10 nitrogen and oxygen atoms in total. The number of aliphatic hydroxyl groups is 1. The lowest BCUT2D eigenvalue weighted by atomic mass is 10.1. The van der Waals surface area contributed by atoms with Gasteiger partial charge in [0.1, 0.15) is 24.1 Å². The van der Waals surface area contributed by atoms with Crippen LogP contribution in [0.1, 0.15) is 6.23 Å². The van der Waals surface area contributed by atoms with E-state index >= 15 is 0 Å². The third-order valence-electron chi connectivity index (χ3n) is 3.08. The summed E-state index contributed by atoms with van der Waals surface area (Å²) in [5, 5.41) is 10.1. The second-order valence-electron chi connectivity index (χ2n) is 4.40. The van der Waals surface area contributed by atoms with Crippen LogP contribution < -0.4 is 16.9 Å². The number of ether oxygens (including phenoxy) is 2. The molecule has 0 aromatic carbocycles. The van der Waals surface area contributed by atoms with Crippen molar-refractivity contribution in [2.45, 2.75) is 24.5 Å². The summed E-state index contributed by atoms with van der Waals surface area (Å²) in [5.74, 6) is 0.0812. The molecular formula is C10H17N4O6P. The van der Waals surface area contributed by atoms with Gasteiger partial charge in [-0.25, -0.2) is 4.79 Å². The van der Waals surface area contributed by atoms with E-state index in [-0.39, 0.29) is 12.4 Å². The summed E-state index contributed by atoms with van der Waals surface area (Å²) in [6, 6.07) is 1.43. The summed E-state index contributed by atoms with van der Waals surface area (Å²) in [6.45, 7) is -0.132. The number of nitrogens with two attached hydrogens (primary N) is 2. The maximum atomic E-state index is 11.8. The Hall–Kier alpha value is -1.13. The molecule has 2 rings (SSSR count). The van der Waals surface area contributed by atoms with Crippen LogP contribution in [0.15, 0.2) is 17.1 Å². The maximum Gasteiger partial charge on any atom is 0.351 e. The summed E-state index contributed by atoms with van der Waals surface area (Å²) in [4.78, 5) is 24.4. The first kappa shape index (κ1) is 16.2. The molecule has 2 heterocycles. The number of hydrogen-bond acceptors (Lipinski definition) is 9. The molecule has 118 valence electrons. The first-order chi connectivity index (χ1) is 9.93. The molecule has 11 heteroatoms. The van der Waals surface area contributed by atoms with Crippen molar-refractivity contribution in [1.29, 1.82) is 0 Å². The van der Waals surface area contributed by atoms with Crippen LogP contribution in [-0.2, 0) is 14.0 Å². The molecule has 1 fully saturated rings. The summed E-state index contributed by atoms with van der Waals surface area (Å²) < 4.78 is 16.8. The van der Waals surface area contributed by atoms with Crippen molar-refractivity contribution >= 4 is 14.3 Å². The molecule has 1 aliphatic heterocycles. The number of aliphatic hydroxyl groups excluding tert-OH is 1. The number of hydrogen-bond donors (Lipinski definition) is 4. The van der Waals surface area contributed by atoms with Gasteiger partial charge in [-0.15, -0.1) is 0 Å². The van der Waals surface area contributed by atoms with Gasteiger partial charge in [-0.2, -0.15) is 4.98 Å². The molecule has 1 aromatic heterocycles. The van der Waals surface area contributed by atoms with Crippen LogP contribution in [0.5, 0.6) is 0 Å². The van der Waals surface area contributed by atoms with Gasteiger partial charge in [-0.3, -0.25) is 10.1 Å². The summed E-state index contributed by atoms with van der Waals surface area (Å²) in [6.07, 6.45) is -2.14. The van der Waals surface area contributed by atoms with E-state index in [1.165, 1.54) is 19.4 Å². The smallest absolute Gasteiger partial charge is 0.351 e. The molecule has 0 saturated carbocycles. The molecule has 0 bridgehead atoms. The van der Waals surface area contributed by atoms with Crippen LogP contribution in [0.3, 0.4) is 0 Å². The second kappa shape index (κ2) is 6.75. The van der Waals surface area contributed by atoms with Gasteiger partial charge in [0.15, 0.2) is 6.23 Å². The van der Waals surface area contributed by atoms with Gasteiger partial charge >= 0.3 is 5.69 Å². The molecule has 0 aliphatic carbocycles. The van der Waals surface area contributed by atoms with E-state index < -0.39 is 38.8 Å². The van der Waals surface area contributed by atoms with E-state index in [1.54, 1.807) is 0 Å². The highest BCUT2D eigenvalue weighted by atomic mass is 31.2. The molecule has 6 N–H and O–H groups in total. The topological polar surface area (TPSA) is 155 Å². The fourth-order valence-electron chi connectivity index (χ4n) is 2.10.